The van der Waals surface area contributed by atoms with Crippen LogP contribution in [0.25, 0.3) is 0 Å². The predicted molar refractivity (Wildman–Crippen MR) is 70.2 cm³/mol. The first-order chi connectivity index (χ1) is 8.79. The molecule has 2 N–H and O–H groups in total. The van der Waals surface area contributed by atoms with Crippen LogP contribution in [-0.4, -0.2) is 16.1 Å². The molecule has 1 aromatic heterocycles. The molecule has 4 heteroatoms. The van der Waals surface area contributed by atoms with Crippen LogP contribution in [0.1, 0.15) is 44.7 Å². The Hall–Kier alpha value is -1.32. The molecule has 0 saturated heterocycles. The van der Waals surface area contributed by atoms with Crippen LogP contribution in [0.2, 0.25) is 0 Å². The number of hydrogen-bond donors (Lipinski definition) is 2. The van der Waals surface area contributed by atoms with Gasteiger partial charge in [0.2, 0.25) is 5.91 Å². The number of anilines is 1. The summed E-state index contributed by atoms with van der Waals surface area (Å²) in [5.41, 5.74) is 1.10. The lowest BCUT2D eigenvalue weighted by Gasteiger charge is -2.04. The third-order valence-corrected chi connectivity index (χ3v) is 4.36. The van der Waals surface area contributed by atoms with Gasteiger partial charge in [0.25, 0.3) is 0 Å². The average molecular weight is 247 g/mol. The molecule has 2 atom stereocenters. The van der Waals surface area contributed by atoms with Crippen LogP contribution in [0, 0.1) is 17.8 Å². The molecule has 2 aliphatic carbocycles. The highest BCUT2D eigenvalue weighted by Crippen LogP contribution is 2.55. The van der Waals surface area contributed by atoms with E-state index in [2.05, 4.69) is 22.4 Å². The summed E-state index contributed by atoms with van der Waals surface area (Å²) in [7, 11) is 0. The van der Waals surface area contributed by atoms with Crippen molar-refractivity contribution in [1.29, 1.82) is 0 Å². The summed E-state index contributed by atoms with van der Waals surface area (Å²) in [6.45, 7) is 2.13. The molecule has 98 valence electrons. The van der Waals surface area contributed by atoms with Crippen molar-refractivity contribution in [2.24, 2.45) is 17.8 Å². The van der Waals surface area contributed by atoms with Crippen LogP contribution < -0.4 is 5.32 Å². The quantitative estimate of drug-likeness (QED) is 0.859. The monoisotopic (exact) mass is 247 g/mol. The number of rotatable bonds is 4. The van der Waals surface area contributed by atoms with E-state index in [1.54, 1.807) is 0 Å². The van der Waals surface area contributed by atoms with Gasteiger partial charge < -0.3 is 5.32 Å². The minimum absolute atomic E-state index is 0.182. The summed E-state index contributed by atoms with van der Waals surface area (Å²) in [6, 6.07) is 1.95. The lowest BCUT2D eigenvalue weighted by atomic mass is 10.0. The van der Waals surface area contributed by atoms with Gasteiger partial charge in [0.1, 0.15) is 0 Å². The number of aromatic nitrogens is 2. The number of nitrogens with zero attached hydrogens (tertiary/aromatic N) is 1. The first kappa shape index (κ1) is 11.8. The Morgan fingerprint density at radius 3 is 2.83 bits per heavy atom. The highest BCUT2D eigenvalue weighted by Gasteiger charge is 2.54. The van der Waals surface area contributed by atoms with Crippen LogP contribution in [0.3, 0.4) is 0 Å². The number of nitrogens with one attached hydrogen (secondary N) is 2. The molecule has 2 unspecified atom stereocenters. The standard InChI is InChI=1S/C14H21N3O/c1-2-5-9-8-12(17-16-9)15-14(18)13-10-6-3-4-7-11(10)13/h8,10-11,13H,2-7H2,1H3,(H2,15,16,17,18). The molecule has 0 aliphatic heterocycles. The fraction of sp³-hybridized carbons (Fsp3) is 0.714. The van der Waals surface area contributed by atoms with Crippen molar-refractivity contribution in [3.63, 3.8) is 0 Å². The second-order valence-electron chi connectivity index (χ2n) is 5.66. The molecular formula is C14H21N3O. The largest absolute Gasteiger partial charge is 0.309 e. The Labute approximate surface area is 108 Å². The summed E-state index contributed by atoms with van der Waals surface area (Å²) in [5, 5.41) is 10.1. The van der Waals surface area contributed by atoms with Crippen molar-refractivity contribution >= 4 is 11.7 Å². The maximum atomic E-state index is 12.1. The number of H-pyrrole nitrogens is 1. The second kappa shape index (κ2) is 4.75. The van der Waals surface area contributed by atoms with E-state index in [1.165, 1.54) is 25.7 Å². The van der Waals surface area contributed by atoms with E-state index in [4.69, 9.17) is 0 Å². The fourth-order valence-corrected chi connectivity index (χ4v) is 3.41. The highest BCUT2D eigenvalue weighted by molar-refractivity contribution is 5.94. The van der Waals surface area contributed by atoms with Crippen LogP contribution in [0.5, 0.6) is 0 Å². The summed E-state index contributed by atoms with van der Waals surface area (Å²) in [6.07, 6.45) is 7.15. The average Bonchev–Trinajstić information content (AvgIpc) is 2.95. The van der Waals surface area contributed by atoms with Gasteiger partial charge in [-0.3, -0.25) is 9.89 Å². The van der Waals surface area contributed by atoms with E-state index in [0.717, 1.165) is 18.5 Å². The van der Waals surface area contributed by atoms with Gasteiger partial charge in [-0.05, 0) is 31.1 Å². The van der Waals surface area contributed by atoms with E-state index < -0.39 is 0 Å². The molecule has 0 aromatic carbocycles. The number of aryl methyl sites for hydroxylation is 1. The molecule has 2 aliphatic rings. The molecule has 1 amide bonds. The zero-order valence-electron chi connectivity index (χ0n) is 10.9. The Morgan fingerprint density at radius 2 is 2.17 bits per heavy atom. The summed E-state index contributed by atoms with van der Waals surface area (Å²) in [4.78, 5) is 12.1. The number of fused-ring (bicyclic) bond motifs is 1. The molecule has 2 saturated carbocycles. The lowest BCUT2D eigenvalue weighted by molar-refractivity contribution is -0.117. The summed E-state index contributed by atoms with van der Waals surface area (Å²) < 4.78 is 0. The molecule has 0 spiro atoms. The zero-order valence-corrected chi connectivity index (χ0v) is 10.9. The minimum atomic E-state index is 0.182. The number of amides is 1. The summed E-state index contributed by atoms with van der Waals surface area (Å²) in [5.74, 6) is 2.45. The van der Waals surface area contributed by atoms with E-state index in [1.807, 2.05) is 6.07 Å². The molecule has 4 nitrogen and oxygen atoms in total. The SMILES string of the molecule is CCCc1cc(NC(=O)C2C3CCCCC32)n[nH]1. The van der Waals surface area contributed by atoms with Crippen LogP contribution in [0.4, 0.5) is 5.82 Å². The van der Waals surface area contributed by atoms with Crippen molar-refractivity contribution in [2.45, 2.75) is 45.4 Å². The van der Waals surface area contributed by atoms with Gasteiger partial charge in [0.15, 0.2) is 5.82 Å². The van der Waals surface area contributed by atoms with E-state index in [-0.39, 0.29) is 11.8 Å². The van der Waals surface area contributed by atoms with Crippen LogP contribution >= 0.6 is 0 Å². The van der Waals surface area contributed by atoms with Crippen LogP contribution in [0.15, 0.2) is 6.07 Å². The number of carbonyl (C=O) groups excluding carboxylic acids is 1. The van der Waals surface area contributed by atoms with Gasteiger partial charge in [-0.15, -0.1) is 0 Å². The van der Waals surface area contributed by atoms with Crippen molar-refractivity contribution in [2.75, 3.05) is 5.32 Å². The van der Waals surface area contributed by atoms with E-state index in [0.29, 0.717) is 17.7 Å². The highest BCUT2D eigenvalue weighted by atomic mass is 16.2. The Bertz CT molecular complexity index is 428. The molecule has 1 aromatic rings. The smallest absolute Gasteiger partial charge is 0.229 e. The van der Waals surface area contributed by atoms with Gasteiger partial charge >= 0.3 is 0 Å². The maximum Gasteiger partial charge on any atom is 0.229 e. The van der Waals surface area contributed by atoms with Gasteiger partial charge in [0.05, 0.1) is 0 Å². The Kier molecular flexibility index (Phi) is 3.10. The predicted octanol–water partition coefficient (Wildman–Crippen LogP) is 2.74. The minimum Gasteiger partial charge on any atom is -0.309 e. The fourth-order valence-electron chi connectivity index (χ4n) is 3.41. The maximum absolute atomic E-state index is 12.1. The molecule has 0 radical (unpaired) electrons. The van der Waals surface area contributed by atoms with E-state index >= 15 is 0 Å². The van der Waals surface area contributed by atoms with E-state index in [9.17, 15) is 4.79 Å². The summed E-state index contributed by atoms with van der Waals surface area (Å²) >= 11 is 0. The zero-order chi connectivity index (χ0) is 12.5. The molecule has 0 bridgehead atoms. The number of hydrogen-bond acceptors (Lipinski definition) is 2. The third-order valence-electron chi connectivity index (χ3n) is 4.36. The Morgan fingerprint density at radius 1 is 1.44 bits per heavy atom. The Balaban J connectivity index is 1.57. The molecule has 1 heterocycles. The van der Waals surface area contributed by atoms with Gasteiger partial charge in [-0.1, -0.05) is 26.2 Å². The van der Waals surface area contributed by atoms with Gasteiger partial charge in [0, 0.05) is 17.7 Å². The van der Waals surface area contributed by atoms with Gasteiger partial charge in [-0.25, -0.2) is 0 Å². The van der Waals surface area contributed by atoms with Crippen molar-refractivity contribution in [1.82, 2.24) is 10.2 Å². The molecule has 18 heavy (non-hydrogen) atoms. The number of aromatic amines is 1. The normalized spacial score (nSPS) is 29.7. The van der Waals surface area contributed by atoms with Crippen molar-refractivity contribution in [3.05, 3.63) is 11.8 Å². The topological polar surface area (TPSA) is 57.8 Å². The van der Waals surface area contributed by atoms with Crippen molar-refractivity contribution in [3.8, 4) is 0 Å². The second-order valence-corrected chi connectivity index (χ2v) is 5.66. The molecule has 3 rings (SSSR count). The molecular weight excluding hydrogens is 226 g/mol. The first-order valence-electron chi connectivity index (χ1n) is 7.14. The third kappa shape index (κ3) is 2.16. The van der Waals surface area contributed by atoms with Gasteiger partial charge in [-0.2, -0.15) is 5.10 Å². The lowest BCUT2D eigenvalue weighted by Crippen LogP contribution is -2.15. The van der Waals surface area contributed by atoms with Crippen LogP contribution in [-0.2, 0) is 11.2 Å². The molecule has 2 fully saturated rings. The van der Waals surface area contributed by atoms with Crippen molar-refractivity contribution < 1.29 is 4.79 Å². The first-order valence-corrected chi connectivity index (χ1v) is 7.14. The number of carbonyl (C=O) groups is 1.